The third-order valence-electron chi connectivity index (χ3n) is 4.74. The van der Waals surface area contributed by atoms with Crippen LogP contribution in [0.1, 0.15) is 64.7 Å². The lowest BCUT2D eigenvalue weighted by Gasteiger charge is -2.27. The molecule has 0 spiro atoms. The van der Waals surface area contributed by atoms with Gasteiger partial charge in [-0.25, -0.2) is 4.79 Å². The van der Waals surface area contributed by atoms with Crippen LogP contribution in [0.5, 0.6) is 0 Å². The highest BCUT2D eigenvalue weighted by atomic mass is 16.2. The van der Waals surface area contributed by atoms with Crippen molar-refractivity contribution in [3.8, 4) is 0 Å². The van der Waals surface area contributed by atoms with Crippen molar-refractivity contribution in [1.82, 2.24) is 15.5 Å². The molecule has 2 rings (SSSR count). The Kier molecular flexibility index (Phi) is 6.49. The zero-order chi connectivity index (χ0) is 15.1. The van der Waals surface area contributed by atoms with Crippen LogP contribution in [0.2, 0.25) is 0 Å². The van der Waals surface area contributed by atoms with Crippen molar-refractivity contribution in [3.05, 3.63) is 0 Å². The van der Waals surface area contributed by atoms with Gasteiger partial charge >= 0.3 is 6.03 Å². The fraction of sp³-hybridized carbons (Fsp3) is 0.875. The molecule has 2 N–H and O–H groups in total. The van der Waals surface area contributed by atoms with E-state index in [9.17, 15) is 9.59 Å². The first-order chi connectivity index (χ1) is 10.2. The highest BCUT2D eigenvalue weighted by molar-refractivity contribution is 5.96. The maximum atomic E-state index is 12.2. The fourth-order valence-corrected chi connectivity index (χ4v) is 3.33. The Bertz CT molecular complexity index is 345. The number of likely N-dealkylation sites (tertiary alicyclic amines) is 1. The highest BCUT2D eigenvalue weighted by Crippen LogP contribution is 2.17. The highest BCUT2D eigenvalue weighted by Gasteiger charge is 2.24. The number of nitrogens with one attached hydrogen (secondary N) is 2. The molecule has 0 radical (unpaired) electrons. The minimum absolute atomic E-state index is 0.176. The van der Waals surface area contributed by atoms with E-state index < -0.39 is 0 Å². The molecule has 0 unspecified atom stereocenters. The van der Waals surface area contributed by atoms with E-state index in [4.69, 9.17) is 0 Å². The summed E-state index contributed by atoms with van der Waals surface area (Å²) in [6, 6.07) is -0.311. The second-order valence-corrected chi connectivity index (χ2v) is 6.42. The van der Waals surface area contributed by atoms with Crippen LogP contribution >= 0.6 is 0 Å². The molecular weight excluding hydrogens is 266 g/mol. The van der Waals surface area contributed by atoms with Gasteiger partial charge in [-0.3, -0.25) is 15.0 Å². The average Bonchev–Trinajstić information content (AvgIpc) is 2.76. The first-order valence-corrected chi connectivity index (χ1v) is 8.52. The second kappa shape index (κ2) is 8.37. The van der Waals surface area contributed by atoms with Gasteiger partial charge in [0.25, 0.3) is 0 Å². The number of hydrogen-bond acceptors (Lipinski definition) is 3. The van der Waals surface area contributed by atoms with Crippen molar-refractivity contribution in [3.63, 3.8) is 0 Å². The number of amides is 3. The number of urea groups is 1. The molecule has 1 aliphatic carbocycles. The average molecular weight is 295 g/mol. The molecule has 1 saturated heterocycles. The van der Waals surface area contributed by atoms with Crippen LogP contribution in [0.3, 0.4) is 0 Å². The first-order valence-electron chi connectivity index (χ1n) is 8.52. The van der Waals surface area contributed by atoms with E-state index >= 15 is 0 Å². The molecule has 0 aromatic rings. The summed E-state index contributed by atoms with van der Waals surface area (Å²) in [6.45, 7) is 3.81. The van der Waals surface area contributed by atoms with Crippen molar-refractivity contribution in [1.29, 1.82) is 0 Å². The van der Waals surface area contributed by atoms with Crippen LogP contribution in [0, 0.1) is 0 Å². The van der Waals surface area contributed by atoms with Gasteiger partial charge in [-0.2, -0.15) is 0 Å². The minimum Gasteiger partial charge on any atom is -0.335 e. The summed E-state index contributed by atoms with van der Waals surface area (Å²) in [5.41, 5.74) is 0. The van der Waals surface area contributed by atoms with Gasteiger partial charge in [0.05, 0.1) is 6.04 Å². The van der Waals surface area contributed by atoms with E-state index in [2.05, 4.69) is 15.5 Å². The number of nitrogens with zero attached hydrogens (tertiary/aromatic N) is 1. The normalized spacial score (nSPS) is 23.1. The molecule has 2 aliphatic rings. The minimum atomic E-state index is -0.325. The van der Waals surface area contributed by atoms with Crippen LogP contribution in [0.25, 0.3) is 0 Å². The topological polar surface area (TPSA) is 61.4 Å². The molecule has 1 aliphatic heterocycles. The van der Waals surface area contributed by atoms with Gasteiger partial charge in [-0.1, -0.05) is 32.1 Å². The quantitative estimate of drug-likeness (QED) is 0.840. The number of carbonyl (C=O) groups is 2. The lowest BCUT2D eigenvalue weighted by molar-refractivity contribution is -0.124. The Labute approximate surface area is 127 Å². The summed E-state index contributed by atoms with van der Waals surface area (Å²) >= 11 is 0. The second-order valence-electron chi connectivity index (χ2n) is 6.42. The standard InChI is InChI=1S/C16H29N3O2/c1-13(19-11-7-2-3-8-12-19)15(20)18-16(21)17-14-9-5-4-6-10-14/h13-14H,2-12H2,1H3,(H2,17,18,20,21)/t13-/m1/s1. The third-order valence-corrected chi connectivity index (χ3v) is 4.74. The molecule has 21 heavy (non-hydrogen) atoms. The molecule has 120 valence electrons. The van der Waals surface area contributed by atoms with E-state index in [0.29, 0.717) is 0 Å². The predicted molar refractivity (Wildman–Crippen MR) is 83.1 cm³/mol. The zero-order valence-corrected chi connectivity index (χ0v) is 13.2. The number of hydrogen-bond donors (Lipinski definition) is 2. The molecule has 1 heterocycles. The summed E-state index contributed by atoms with van der Waals surface area (Å²) < 4.78 is 0. The van der Waals surface area contributed by atoms with Crippen molar-refractivity contribution in [2.45, 2.75) is 76.8 Å². The van der Waals surface area contributed by atoms with Gasteiger partial charge in [0.15, 0.2) is 0 Å². The van der Waals surface area contributed by atoms with Crippen LogP contribution in [0.15, 0.2) is 0 Å². The SMILES string of the molecule is C[C@H](C(=O)NC(=O)NC1CCCCC1)N1CCCCCC1. The van der Waals surface area contributed by atoms with Gasteiger partial charge in [-0.05, 0) is 45.7 Å². The summed E-state index contributed by atoms with van der Waals surface area (Å²) in [6.07, 6.45) is 10.4. The molecule has 5 nitrogen and oxygen atoms in total. The molecule has 1 saturated carbocycles. The fourth-order valence-electron chi connectivity index (χ4n) is 3.33. The van der Waals surface area contributed by atoms with Gasteiger partial charge < -0.3 is 5.32 Å². The Morgan fingerprint density at radius 3 is 2.14 bits per heavy atom. The maximum Gasteiger partial charge on any atom is 0.321 e. The number of carbonyl (C=O) groups excluding carboxylic acids is 2. The van der Waals surface area contributed by atoms with E-state index in [1.165, 1.54) is 32.1 Å². The van der Waals surface area contributed by atoms with Gasteiger partial charge in [0, 0.05) is 6.04 Å². The smallest absolute Gasteiger partial charge is 0.321 e. The monoisotopic (exact) mass is 295 g/mol. The number of imide groups is 1. The Balaban J connectivity index is 1.74. The molecule has 2 fully saturated rings. The Hall–Kier alpha value is -1.10. The maximum absolute atomic E-state index is 12.2. The van der Waals surface area contributed by atoms with Gasteiger partial charge in [-0.15, -0.1) is 0 Å². The summed E-state index contributed by atoms with van der Waals surface area (Å²) in [4.78, 5) is 26.3. The Morgan fingerprint density at radius 1 is 0.952 bits per heavy atom. The van der Waals surface area contributed by atoms with Gasteiger partial charge in [0.2, 0.25) is 5.91 Å². The summed E-state index contributed by atoms with van der Waals surface area (Å²) in [7, 11) is 0. The van der Waals surface area contributed by atoms with Gasteiger partial charge in [0.1, 0.15) is 0 Å². The lowest BCUT2D eigenvalue weighted by atomic mass is 9.96. The molecule has 0 aromatic carbocycles. The van der Waals surface area contributed by atoms with Crippen LogP contribution in [-0.2, 0) is 4.79 Å². The summed E-state index contributed by atoms with van der Waals surface area (Å²) in [5, 5.41) is 5.44. The molecular formula is C16H29N3O2. The van der Waals surface area contributed by atoms with Crippen LogP contribution in [0.4, 0.5) is 4.79 Å². The molecule has 0 bridgehead atoms. The molecule has 3 amide bonds. The molecule has 1 atom stereocenters. The van der Waals surface area contributed by atoms with Crippen LogP contribution in [-0.4, -0.2) is 42.0 Å². The first kappa shape index (κ1) is 16.3. The molecule has 0 aromatic heterocycles. The van der Waals surface area contributed by atoms with Crippen molar-refractivity contribution in [2.24, 2.45) is 0 Å². The van der Waals surface area contributed by atoms with E-state index in [-0.39, 0.29) is 24.0 Å². The van der Waals surface area contributed by atoms with Crippen molar-refractivity contribution >= 4 is 11.9 Å². The van der Waals surface area contributed by atoms with Crippen molar-refractivity contribution < 1.29 is 9.59 Å². The number of rotatable bonds is 3. The summed E-state index contributed by atoms with van der Waals surface area (Å²) in [5.74, 6) is -0.176. The van der Waals surface area contributed by atoms with Crippen LogP contribution < -0.4 is 10.6 Å². The lowest BCUT2D eigenvalue weighted by Crippen LogP contribution is -2.51. The van der Waals surface area contributed by atoms with E-state index in [1.807, 2.05) is 6.92 Å². The predicted octanol–water partition coefficient (Wildman–Crippen LogP) is 2.41. The van der Waals surface area contributed by atoms with Crippen molar-refractivity contribution in [2.75, 3.05) is 13.1 Å². The zero-order valence-electron chi connectivity index (χ0n) is 13.2. The molecule has 5 heteroatoms. The largest absolute Gasteiger partial charge is 0.335 e. The van der Waals surface area contributed by atoms with E-state index in [1.54, 1.807) is 0 Å². The van der Waals surface area contributed by atoms with E-state index in [0.717, 1.165) is 38.8 Å². The Morgan fingerprint density at radius 2 is 1.52 bits per heavy atom. The third kappa shape index (κ3) is 5.30.